The van der Waals surface area contributed by atoms with Crippen molar-refractivity contribution in [3.63, 3.8) is 0 Å². The number of nitrogens with zero attached hydrogens (tertiary/aromatic N) is 2. The third-order valence-electron chi connectivity index (χ3n) is 6.14. The molecule has 0 atom stereocenters. The van der Waals surface area contributed by atoms with Gasteiger partial charge in [-0.3, -0.25) is 9.59 Å². The van der Waals surface area contributed by atoms with Crippen molar-refractivity contribution in [2.24, 2.45) is 0 Å². The number of benzene rings is 2. The molecule has 0 spiro atoms. The van der Waals surface area contributed by atoms with Crippen LogP contribution in [0.4, 0.5) is 5.00 Å². The fourth-order valence-corrected chi connectivity index (χ4v) is 5.43. The van der Waals surface area contributed by atoms with Gasteiger partial charge in [-0.1, -0.05) is 48.0 Å². The molecule has 0 aliphatic carbocycles. The van der Waals surface area contributed by atoms with E-state index in [4.69, 9.17) is 9.72 Å². The third kappa shape index (κ3) is 4.97. The minimum Gasteiger partial charge on any atom is -0.462 e. The van der Waals surface area contributed by atoms with Crippen molar-refractivity contribution in [2.45, 2.75) is 27.7 Å². The fourth-order valence-electron chi connectivity index (χ4n) is 4.22. The first kappa shape index (κ1) is 26.0. The number of nitrogens with one attached hydrogen (secondary N) is 1. The van der Waals surface area contributed by atoms with Gasteiger partial charge in [-0.2, -0.15) is 0 Å². The number of carbonyl (C=O) groups excluding carboxylic acids is 3. The molecule has 4 aromatic rings. The number of rotatable bonds is 6. The number of carbonyl (C=O) groups is 3. The first-order valence-corrected chi connectivity index (χ1v) is 12.8. The number of esters is 1. The van der Waals surface area contributed by atoms with Gasteiger partial charge in [0, 0.05) is 25.0 Å². The summed E-state index contributed by atoms with van der Waals surface area (Å²) in [7, 11) is 3.28. The van der Waals surface area contributed by atoms with Crippen LogP contribution < -0.4 is 5.32 Å². The summed E-state index contributed by atoms with van der Waals surface area (Å²) in [5.41, 5.74) is 5.28. The van der Waals surface area contributed by atoms with Crippen LogP contribution >= 0.6 is 11.3 Å². The highest BCUT2D eigenvalue weighted by atomic mass is 32.1. The Labute approximate surface area is 220 Å². The minimum atomic E-state index is -0.582. The summed E-state index contributed by atoms with van der Waals surface area (Å²) in [4.78, 5) is 46.2. The van der Waals surface area contributed by atoms with E-state index >= 15 is 0 Å². The predicted molar refractivity (Wildman–Crippen MR) is 148 cm³/mol. The zero-order valence-corrected chi connectivity index (χ0v) is 22.6. The first-order valence-electron chi connectivity index (χ1n) is 11.9. The molecular formula is C29H29N3O4S. The second kappa shape index (κ2) is 10.5. The van der Waals surface area contributed by atoms with Crippen LogP contribution in [0.15, 0.2) is 48.5 Å². The fraction of sp³-hybridized carbons (Fsp3) is 0.241. The largest absolute Gasteiger partial charge is 0.462 e. The number of fused-ring (bicyclic) bond motifs is 1. The highest BCUT2D eigenvalue weighted by molar-refractivity contribution is 7.18. The van der Waals surface area contributed by atoms with Gasteiger partial charge in [0.05, 0.1) is 33.8 Å². The molecule has 4 rings (SSSR count). The van der Waals surface area contributed by atoms with Gasteiger partial charge in [0.25, 0.3) is 11.8 Å². The molecule has 7 nitrogen and oxygen atoms in total. The maximum Gasteiger partial charge on any atom is 0.341 e. The van der Waals surface area contributed by atoms with E-state index in [1.807, 2.05) is 62.4 Å². The van der Waals surface area contributed by atoms with E-state index in [1.165, 1.54) is 4.90 Å². The van der Waals surface area contributed by atoms with E-state index in [1.54, 1.807) is 27.9 Å². The van der Waals surface area contributed by atoms with E-state index in [2.05, 4.69) is 5.32 Å². The van der Waals surface area contributed by atoms with Gasteiger partial charge in [-0.05, 0) is 44.9 Å². The van der Waals surface area contributed by atoms with Crippen LogP contribution in [0.3, 0.4) is 0 Å². The molecule has 0 unspecified atom stereocenters. The Morgan fingerprint density at radius 3 is 2.27 bits per heavy atom. The van der Waals surface area contributed by atoms with E-state index in [-0.39, 0.29) is 29.0 Å². The van der Waals surface area contributed by atoms with E-state index in [0.717, 1.165) is 28.0 Å². The number of aromatic nitrogens is 1. The Morgan fingerprint density at radius 2 is 1.62 bits per heavy atom. The number of pyridine rings is 1. The molecule has 0 fully saturated rings. The summed E-state index contributed by atoms with van der Waals surface area (Å²) in [5.74, 6) is -1.22. The van der Waals surface area contributed by atoms with Crippen LogP contribution in [-0.4, -0.2) is 48.4 Å². The molecule has 0 aliphatic rings. The number of hydrogen-bond acceptors (Lipinski definition) is 6. The molecule has 0 aliphatic heterocycles. The molecule has 190 valence electrons. The molecule has 2 amide bonds. The standard InChI is InChI=1S/C29H29N3O4S/c1-7-36-29(35)23-18(4)25(28(34)32(5)6)37-27(23)31-26(33)22-17(3)24(19-14-12-16(2)13-15-19)30-21-11-9-8-10-20(21)22/h8-15H,7H2,1-6H3,(H,31,33). The third-order valence-corrected chi connectivity index (χ3v) is 7.34. The maximum absolute atomic E-state index is 13.9. The average molecular weight is 516 g/mol. The van der Waals surface area contributed by atoms with Crippen LogP contribution in [0.25, 0.3) is 22.2 Å². The minimum absolute atomic E-state index is 0.173. The second-order valence-electron chi connectivity index (χ2n) is 8.98. The number of amides is 2. The lowest BCUT2D eigenvalue weighted by Crippen LogP contribution is -2.21. The molecule has 2 aromatic carbocycles. The summed E-state index contributed by atoms with van der Waals surface area (Å²) >= 11 is 1.07. The van der Waals surface area contributed by atoms with Crippen molar-refractivity contribution in [1.82, 2.24) is 9.88 Å². The number of thiophene rings is 1. The zero-order valence-electron chi connectivity index (χ0n) is 21.8. The van der Waals surface area contributed by atoms with Crippen molar-refractivity contribution in [3.8, 4) is 11.3 Å². The Bertz CT molecular complexity index is 1520. The van der Waals surface area contributed by atoms with Crippen molar-refractivity contribution < 1.29 is 19.1 Å². The molecular weight excluding hydrogens is 486 g/mol. The van der Waals surface area contributed by atoms with Crippen molar-refractivity contribution in [1.29, 1.82) is 0 Å². The summed E-state index contributed by atoms with van der Waals surface area (Å²) in [6.07, 6.45) is 0. The van der Waals surface area contributed by atoms with Gasteiger partial charge < -0.3 is 15.0 Å². The molecule has 0 saturated heterocycles. The molecule has 0 radical (unpaired) electrons. The topological polar surface area (TPSA) is 88.6 Å². The molecule has 37 heavy (non-hydrogen) atoms. The Kier molecular flexibility index (Phi) is 7.40. The highest BCUT2D eigenvalue weighted by Crippen LogP contribution is 2.36. The molecule has 0 saturated carbocycles. The number of ether oxygens (including phenoxy) is 1. The number of anilines is 1. The average Bonchev–Trinajstić information content (AvgIpc) is 3.19. The van der Waals surface area contributed by atoms with E-state index < -0.39 is 5.97 Å². The summed E-state index contributed by atoms with van der Waals surface area (Å²) in [5, 5.41) is 3.90. The smallest absolute Gasteiger partial charge is 0.341 e. The van der Waals surface area contributed by atoms with Crippen molar-refractivity contribution in [2.75, 3.05) is 26.0 Å². The van der Waals surface area contributed by atoms with Gasteiger partial charge >= 0.3 is 5.97 Å². The normalized spacial score (nSPS) is 10.9. The van der Waals surface area contributed by atoms with Crippen LogP contribution in [0.5, 0.6) is 0 Å². The Morgan fingerprint density at radius 1 is 0.946 bits per heavy atom. The van der Waals surface area contributed by atoms with Gasteiger partial charge in [0.15, 0.2) is 0 Å². The Hall–Kier alpha value is -4.04. The molecule has 2 heterocycles. The van der Waals surface area contributed by atoms with Gasteiger partial charge in [-0.25, -0.2) is 9.78 Å². The van der Waals surface area contributed by atoms with Gasteiger partial charge in [0.2, 0.25) is 0 Å². The lowest BCUT2D eigenvalue weighted by Gasteiger charge is -2.15. The van der Waals surface area contributed by atoms with Crippen LogP contribution in [0, 0.1) is 20.8 Å². The van der Waals surface area contributed by atoms with Crippen molar-refractivity contribution >= 4 is 45.0 Å². The summed E-state index contributed by atoms with van der Waals surface area (Å²) in [6.45, 7) is 7.46. The molecule has 2 aromatic heterocycles. The first-order chi connectivity index (χ1) is 17.6. The quantitative estimate of drug-likeness (QED) is 0.317. The van der Waals surface area contributed by atoms with E-state index in [0.29, 0.717) is 32.6 Å². The monoisotopic (exact) mass is 515 g/mol. The molecule has 8 heteroatoms. The number of aryl methyl sites for hydroxylation is 1. The van der Waals surface area contributed by atoms with Crippen LogP contribution in [-0.2, 0) is 4.74 Å². The Balaban J connectivity index is 1.86. The second-order valence-corrected chi connectivity index (χ2v) is 10.00. The lowest BCUT2D eigenvalue weighted by molar-refractivity contribution is 0.0527. The van der Waals surface area contributed by atoms with E-state index in [9.17, 15) is 14.4 Å². The van der Waals surface area contributed by atoms with Crippen molar-refractivity contribution in [3.05, 3.63) is 81.2 Å². The van der Waals surface area contributed by atoms with Crippen LogP contribution in [0.1, 0.15) is 54.0 Å². The highest BCUT2D eigenvalue weighted by Gasteiger charge is 2.28. The number of hydrogen-bond donors (Lipinski definition) is 1. The summed E-state index contributed by atoms with van der Waals surface area (Å²) in [6, 6.07) is 15.5. The lowest BCUT2D eigenvalue weighted by atomic mass is 9.96. The SMILES string of the molecule is CCOC(=O)c1c(NC(=O)c2c(C)c(-c3ccc(C)cc3)nc3ccccc23)sc(C(=O)N(C)C)c1C. The maximum atomic E-state index is 13.9. The summed E-state index contributed by atoms with van der Waals surface area (Å²) < 4.78 is 5.25. The van der Waals surface area contributed by atoms with Crippen LogP contribution in [0.2, 0.25) is 0 Å². The molecule has 0 bridgehead atoms. The zero-order chi connectivity index (χ0) is 26.9. The predicted octanol–water partition coefficient (Wildman–Crippen LogP) is 6.02. The van der Waals surface area contributed by atoms with Gasteiger partial charge in [0.1, 0.15) is 5.00 Å². The molecule has 1 N–H and O–H groups in total. The number of para-hydroxylation sites is 1. The van der Waals surface area contributed by atoms with Gasteiger partial charge in [-0.15, -0.1) is 11.3 Å².